The molecule has 0 saturated heterocycles. The zero-order valence-electron chi connectivity index (χ0n) is 15.0. The minimum Gasteiger partial charge on any atom is -0.495 e. The van der Waals surface area contributed by atoms with Crippen LogP contribution in [0.3, 0.4) is 0 Å². The molecule has 6 heteroatoms. The molecular weight excluding hydrogens is 331 g/mol. The third-order valence-electron chi connectivity index (χ3n) is 4.24. The highest BCUT2D eigenvalue weighted by atomic mass is 19.1. The van der Waals surface area contributed by atoms with Crippen molar-refractivity contribution in [1.29, 1.82) is 0 Å². The van der Waals surface area contributed by atoms with Gasteiger partial charge in [-0.25, -0.2) is 4.39 Å². The smallest absolute Gasteiger partial charge is 0.148 e. The number of benzene rings is 1. The molecule has 0 aliphatic heterocycles. The lowest BCUT2D eigenvalue weighted by atomic mass is 9.84. The van der Waals surface area contributed by atoms with Crippen molar-refractivity contribution in [2.24, 2.45) is 0 Å². The molecule has 0 unspecified atom stereocenters. The van der Waals surface area contributed by atoms with Crippen molar-refractivity contribution in [3.05, 3.63) is 66.1 Å². The highest BCUT2D eigenvalue weighted by Gasteiger charge is 2.20. The van der Waals surface area contributed by atoms with Gasteiger partial charge in [0.2, 0.25) is 0 Å². The SMILES string of the molecule is COc1ccc(-c2ccc(NCC(C)(C)c3ccc(F)cc3)nn2)nc1. The first-order chi connectivity index (χ1) is 12.5. The number of nitrogens with one attached hydrogen (secondary N) is 1. The molecule has 0 saturated carbocycles. The summed E-state index contributed by atoms with van der Waals surface area (Å²) in [7, 11) is 1.60. The minimum absolute atomic E-state index is 0.175. The van der Waals surface area contributed by atoms with Crippen molar-refractivity contribution in [3.63, 3.8) is 0 Å². The first kappa shape index (κ1) is 17.8. The van der Waals surface area contributed by atoms with Gasteiger partial charge in [0.1, 0.15) is 23.1 Å². The van der Waals surface area contributed by atoms with Crippen molar-refractivity contribution in [1.82, 2.24) is 15.2 Å². The molecule has 3 rings (SSSR count). The number of halogens is 1. The fourth-order valence-electron chi connectivity index (χ4n) is 2.53. The van der Waals surface area contributed by atoms with Gasteiger partial charge in [0.15, 0.2) is 0 Å². The lowest BCUT2D eigenvalue weighted by Crippen LogP contribution is -2.28. The molecule has 0 aliphatic carbocycles. The van der Waals surface area contributed by atoms with Gasteiger partial charge in [-0.2, -0.15) is 0 Å². The second-order valence-electron chi connectivity index (χ2n) is 6.63. The van der Waals surface area contributed by atoms with E-state index in [4.69, 9.17) is 4.74 Å². The number of rotatable bonds is 6. The Hall–Kier alpha value is -3.02. The quantitative estimate of drug-likeness (QED) is 0.724. The summed E-state index contributed by atoms with van der Waals surface area (Å²) in [6, 6.07) is 14.0. The van der Waals surface area contributed by atoms with Gasteiger partial charge in [0.25, 0.3) is 0 Å². The van der Waals surface area contributed by atoms with Gasteiger partial charge in [-0.15, -0.1) is 10.2 Å². The van der Waals surface area contributed by atoms with E-state index in [2.05, 4.69) is 34.3 Å². The molecule has 134 valence electrons. The summed E-state index contributed by atoms with van der Waals surface area (Å²) in [5.41, 5.74) is 2.30. The van der Waals surface area contributed by atoms with E-state index >= 15 is 0 Å². The van der Waals surface area contributed by atoms with E-state index in [-0.39, 0.29) is 11.2 Å². The molecule has 26 heavy (non-hydrogen) atoms. The molecule has 0 bridgehead atoms. The van der Waals surface area contributed by atoms with Crippen molar-refractivity contribution in [2.45, 2.75) is 19.3 Å². The number of hydrogen-bond donors (Lipinski definition) is 1. The number of methoxy groups -OCH3 is 1. The van der Waals surface area contributed by atoms with Crippen LogP contribution in [0, 0.1) is 5.82 Å². The fourth-order valence-corrected chi connectivity index (χ4v) is 2.53. The van der Waals surface area contributed by atoms with Crippen LogP contribution in [0.25, 0.3) is 11.4 Å². The summed E-state index contributed by atoms with van der Waals surface area (Å²) >= 11 is 0. The van der Waals surface area contributed by atoms with Crippen molar-refractivity contribution >= 4 is 5.82 Å². The number of anilines is 1. The number of hydrogen-bond acceptors (Lipinski definition) is 5. The highest BCUT2D eigenvalue weighted by Crippen LogP contribution is 2.24. The number of pyridine rings is 1. The molecular formula is C20H21FN4O. The van der Waals surface area contributed by atoms with Gasteiger partial charge in [-0.05, 0) is 42.0 Å². The zero-order valence-corrected chi connectivity index (χ0v) is 15.0. The van der Waals surface area contributed by atoms with E-state index in [9.17, 15) is 4.39 Å². The third-order valence-corrected chi connectivity index (χ3v) is 4.24. The molecule has 2 heterocycles. The summed E-state index contributed by atoms with van der Waals surface area (Å²) in [5.74, 6) is 1.14. The van der Waals surface area contributed by atoms with Crippen LogP contribution in [0.15, 0.2) is 54.7 Å². The van der Waals surface area contributed by atoms with Crippen LogP contribution >= 0.6 is 0 Å². The minimum atomic E-state index is -0.230. The Morgan fingerprint density at radius 3 is 2.27 bits per heavy atom. The lowest BCUT2D eigenvalue weighted by Gasteiger charge is -2.25. The fraction of sp³-hybridized carbons (Fsp3) is 0.250. The Labute approximate surface area is 152 Å². The number of nitrogens with zero attached hydrogens (tertiary/aromatic N) is 3. The molecule has 1 aromatic carbocycles. The third kappa shape index (κ3) is 4.14. The molecule has 5 nitrogen and oxygen atoms in total. The zero-order chi connectivity index (χ0) is 18.6. The van der Waals surface area contributed by atoms with Crippen LogP contribution in [0.5, 0.6) is 5.75 Å². The Bertz CT molecular complexity index is 846. The molecule has 0 fully saturated rings. The van der Waals surface area contributed by atoms with Gasteiger partial charge in [-0.1, -0.05) is 26.0 Å². The van der Waals surface area contributed by atoms with Crippen LogP contribution in [0.1, 0.15) is 19.4 Å². The van der Waals surface area contributed by atoms with Crippen LogP contribution in [0.2, 0.25) is 0 Å². The summed E-state index contributed by atoms with van der Waals surface area (Å²) in [5, 5.41) is 11.7. The van der Waals surface area contributed by atoms with E-state index in [1.54, 1.807) is 25.4 Å². The monoisotopic (exact) mass is 352 g/mol. The van der Waals surface area contributed by atoms with Crippen LogP contribution in [0.4, 0.5) is 10.2 Å². The van der Waals surface area contributed by atoms with Gasteiger partial charge in [0, 0.05) is 12.0 Å². The molecule has 0 amide bonds. The van der Waals surface area contributed by atoms with Crippen LogP contribution in [-0.4, -0.2) is 28.8 Å². The predicted octanol–water partition coefficient (Wildman–Crippen LogP) is 4.08. The van der Waals surface area contributed by atoms with E-state index < -0.39 is 0 Å². The summed E-state index contributed by atoms with van der Waals surface area (Å²) < 4.78 is 18.2. The van der Waals surface area contributed by atoms with E-state index in [1.165, 1.54) is 12.1 Å². The predicted molar refractivity (Wildman–Crippen MR) is 99.7 cm³/mol. The Kier molecular flexibility index (Phi) is 5.11. The molecule has 0 aliphatic rings. The van der Waals surface area contributed by atoms with Gasteiger partial charge in [-0.3, -0.25) is 4.98 Å². The van der Waals surface area contributed by atoms with E-state index in [0.717, 1.165) is 11.3 Å². The second kappa shape index (κ2) is 7.47. The Morgan fingerprint density at radius 2 is 1.69 bits per heavy atom. The molecule has 2 aromatic heterocycles. The maximum atomic E-state index is 13.1. The maximum absolute atomic E-state index is 13.1. The van der Waals surface area contributed by atoms with Crippen LogP contribution in [-0.2, 0) is 5.41 Å². The van der Waals surface area contributed by atoms with Gasteiger partial charge >= 0.3 is 0 Å². The van der Waals surface area contributed by atoms with Gasteiger partial charge < -0.3 is 10.1 Å². The summed E-state index contributed by atoms with van der Waals surface area (Å²) in [6.45, 7) is 4.83. The first-order valence-corrected chi connectivity index (χ1v) is 8.32. The Morgan fingerprint density at radius 1 is 0.962 bits per heavy atom. The summed E-state index contributed by atoms with van der Waals surface area (Å²) in [6.07, 6.45) is 1.65. The van der Waals surface area contributed by atoms with Crippen molar-refractivity contribution in [3.8, 4) is 17.1 Å². The average molecular weight is 352 g/mol. The average Bonchev–Trinajstić information content (AvgIpc) is 2.67. The molecule has 1 N–H and O–H groups in total. The second-order valence-corrected chi connectivity index (χ2v) is 6.63. The van der Waals surface area contributed by atoms with Crippen LogP contribution < -0.4 is 10.1 Å². The number of aromatic nitrogens is 3. The van der Waals surface area contributed by atoms with Crippen molar-refractivity contribution < 1.29 is 9.13 Å². The normalized spacial score (nSPS) is 11.2. The highest BCUT2D eigenvalue weighted by molar-refractivity contribution is 5.55. The molecule has 0 radical (unpaired) electrons. The van der Waals surface area contributed by atoms with Gasteiger partial charge in [0.05, 0.1) is 19.0 Å². The molecule has 0 spiro atoms. The Balaban J connectivity index is 1.66. The number of ether oxygens (including phenoxy) is 1. The van der Waals surface area contributed by atoms with E-state index in [0.29, 0.717) is 23.8 Å². The van der Waals surface area contributed by atoms with E-state index in [1.807, 2.05) is 24.3 Å². The topological polar surface area (TPSA) is 59.9 Å². The first-order valence-electron chi connectivity index (χ1n) is 8.32. The standard InChI is InChI=1S/C20H21FN4O/c1-20(2,14-4-6-15(21)7-5-14)13-23-19-11-10-18(24-25-19)17-9-8-16(26-3)12-22-17/h4-12H,13H2,1-3H3,(H,23,25). The maximum Gasteiger partial charge on any atom is 0.148 e. The summed E-state index contributed by atoms with van der Waals surface area (Å²) in [4.78, 5) is 4.30. The molecule has 3 aromatic rings. The largest absolute Gasteiger partial charge is 0.495 e. The lowest BCUT2D eigenvalue weighted by molar-refractivity contribution is 0.413. The molecule has 0 atom stereocenters. The van der Waals surface area contributed by atoms with Crippen molar-refractivity contribution in [2.75, 3.05) is 19.0 Å².